The molecule has 0 radical (unpaired) electrons. The highest BCUT2D eigenvalue weighted by atomic mass is 16.6. The summed E-state index contributed by atoms with van der Waals surface area (Å²) in [6, 6.07) is 14.0. The Kier molecular flexibility index (Phi) is 7.14. The molecule has 0 N–H and O–H groups in total. The zero-order chi connectivity index (χ0) is 21.7. The van der Waals surface area contributed by atoms with E-state index in [4.69, 9.17) is 9.72 Å². The number of nitrogens with zero attached hydrogens (tertiary/aromatic N) is 3. The SMILES string of the molecule is CC(C)CN1CCCC[C@@H]1c1cccnc1N(C(=O)OC(C)(C)C)c1ccccc1. The van der Waals surface area contributed by atoms with Crippen molar-refractivity contribution in [1.29, 1.82) is 0 Å². The minimum atomic E-state index is -0.590. The lowest BCUT2D eigenvalue weighted by atomic mass is 9.94. The second-order valence-electron chi connectivity index (χ2n) is 9.47. The van der Waals surface area contributed by atoms with Crippen LogP contribution in [0, 0.1) is 5.92 Å². The van der Waals surface area contributed by atoms with Crippen LogP contribution in [0.1, 0.15) is 65.5 Å². The van der Waals surface area contributed by atoms with Crippen LogP contribution < -0.4 is 4.90 Å². The number of ether oxygens (including phenoxy) is 1. The smallest absolute Gasteiger partial charge is 0.420 e. The highest BCUT2D eigenvalue weighted by Crippen LogP contribution is 2.38. The van der Waals surface area contributed by atoms with Gasteiger partial charge in [0.15, 0.2) is 0 Å². The van der Waals surface area contributed by atoms with Gasteiger partial charge in [-0.3, -0.25) is 4.90 Å². The molecule has 1 aromatic carbocycles. The van der Waals surface area contributed by atoms with Crippen molar-refractivity contribution in [3.63, 3.8) is 0 Å². The van der Waals surface area contributed by atoms with E-state index in [9.17, 15) is 4.79 Å². The number of rotatable bonds is 5. The molecule has 1 saturated heterocycles. The van der Waals surface area contributed by atoms with Gasteiger partial charge < -0.3 is 4.74 Å². The number of amides is 1. The third-order valence-electron chi connectivity index (χ3n) is 5.19. The normalized spacial score (nSPS) is 17.7. The van der Waals surface area contributed by atoms with Gasteiger partial charge in [0.05, 0.1) is 5.69 Å². The highest BCUT2D eigenvalue weighted by molar-refractivity contribution is 5.96. The summed E-state index contributed by atoms with van der Waals surface area (Å²) in [4.78, 5) is 22.2. The molecule has 3 rings (SSSR count). The van der Waals surface area contributed by atoms with Crippen molar-refractivity contribution in [3.05, 3.63) is 54.2 Å². The molecule has 30 heavy (non-hydrogen) atoms. The fraction of sp³-hybridized carbons (Fsp3) is 0.520. The van der Waals surface area contributed by atoms with Gasteiger partial charge in [0.1, 0.15) is 11.4 Å². The third-order valence-corrected chi connectivity index (χ3v) is 5.19. The molecule has 162 valence electrons. The molecule has 1 atom stereocenters. The summed E-state index contributed by atoms with van der Waals surface area (Å²) in [6.07, 6.45) is 4.83. The van der Waals surface area contributed by atoms with E-state index in [-0.39, 0.29) is 6.04 Å². The van der Waals surface area contributed by atoms with Gasteiger partial charge in [0, 0.05) is 24.3 Å². The summed E-state index contributed by atoms with van der Waals surface area (Å²) in [5.74, 6) is 1.25. The van der Waals surface area contributed by atoms with E-state index >= 15 is 0 Å². The van der Waals surface area contributed by atoms with Crippen LogP contribution in [0.5, 0.6) is 0 Å². The molecule has 1 aromatic heterocycles. The first-order chi connectivity index (χ1) is 14.3. The average molecular weight is 410 g/mol. The number of hydrogen-bond donors (Lipinski definition) is 0. The largest absolute Gasteiger partial charge is 0.443 e. The molecule has 2 heterocycles. The van der Waals surface area contributed by atoms with Crippen LogP contribution in [0.25, 0.3) is 0 Å². The Morgan fingerprint density at radius 3 is 2.57 bits per heavy atom. The Morgan fingerprint density at radius 2 is 1.90 bits per heavy atom. The van der Waals surface area contributed by atoms with Gasteiger partial charge in [-0.2, -0.15) is 0 Å². The number of para-hydroxylation sites is 1. The van der Waals surface area contributed by atoms with Gasteiger partial charge in [0.25, 0.3) is 0 Å². The van der Waals surface area contributed by atoms with Crippen LogP contribution >= 0.6 is 0 Å². The van der Waals surface area contributed by atoms with Crippen molar-refractivity contribution in [1.82, 2.24) is 9.88 Å². The summed E-state index contributed by atoms with van der Waals surface area (Å²) in [7, 11) is 0. The first-order valence-corrected chi connectivity index (χ1v) is 11.0. The molecule has 0 saturated carbocycles. The quantitative estimate of drug-likeness (QED) is 0.578. The van der Waals surface area contributed by atoms with Gasteiger partial charge in [-0.05, 0) is 64.3 Å². The summed E-state index contributed by atoms with van der Waals surface area (Å²) >= 11 is 0. The highest BCUT2D eigenvalue weighted by Gasteiger charge is 2.32. The van der Waals surface area contributed by atoms with E-state index in [1.807, 2.05) is 57.2 Å². The van der Waals surface area contributed by atoms with E-state index in [0.29, 0.717) is 11.7 Å². The molecule has 1 aliphatic heterocycles. The fourth-order valence-corrected chi connectivity index (χ4v) is 4.09. The van der Waals surface area contributed by atoms with E-state index < -0.39 is 11.7 Å². The summed E-state index contributed by atoms with van der Waals surface area (Å²) in [5.41, 5.74) is 1.26. The second kappa shape index (κ2) is 9.61. The summed E-state index contributed by atoms with van der Waals surface area (Å²) in [5, 5.41) is 0. The standard InChI is InChI=1S/C25H35N3O2/c1-19(2)18-27-17-10-9-15-22(27)21-14-11-16-26-23(21)28(20-12-7-6-8-13-20)24(29)30-25(3,4)5/h6-8,11-14,16,19,22H,9-10,15,17-18H2,1-5H3/t22-/m1/s1. The molecule has 5 heteroatoms. The van der Waals surface area contributed by atoms with Gasteiger partial charge in [-0.25, -0.2) is 14.7 Å². The van der Waals surface area contributed by atoms with E-state index in [2.05, 4.69) is 24.8 Å². The number of anilines is 2. The lowest BCUT2D eigenvalue weighted by molar-refractivity contribution is 0.0597. The third kappa shape index (κ3) is 5.60. The number of aromatic nitrogens is 1. The van der Waals surface area contributed by atoms with Crippen LogP contribution in [0.4, 0.5) is 16.3 Å². The summed E-state index contributed by atoms with van der Waals surface area (Å²) < 4.78 is 5.78. The Morgan fingerprint density at radius 1 is 1.17 bits per heavy atom. The van der Waals surface area contributed by atoms with Crippen molar-refractivity contribution < 1.29 is 9.53 Å². The van der Waals surface area contributed by atoms with E-state index in [1.165, 1.54) is 12.8 Å². The van der Waals surface area contributed by atoms with Crippen molar-refractivity contribution >= 4 is 17.6 Å². The van der Waals surface area contributed by atoms with Crippen LogP contribution in [0.3, 0.4) is 0 Å². The number of carbonyl (C=O) groups excluding carboxylic acids is 1. The maximum absolute atomic E-state index is 13.3. The Bertz CT molecular complexity index is 830. The first-order valence-electron chi connectivity index (χ1n) is 11.0. The maximum atomic E-state index is 13.3. The van der Waals surface area contributed by atoms with Crippen molar-refractivity contribution in [2.24, 2.45) is 5.92 Å². The molecule has 0 unspecified atom stereocenters. The second-order valence-corrected chi connectivity index (χ2v) is 9.47. The number of piperidine rings is 1. The average Bonchev–Trinajstić information content (AvgIpc) is 2.68. The molecular weight excluding hydrogens is 374 g/mol. The predicted octanol–water partition coefficient (Wildman–Crippen LogP) is 6.34. The van der Waals surface area contributed by atoms with Gasteiger partial charge >= 0.3 is 6.09 Å². The molecule has 0 aliphatic carbocycles. The Balaban J connectivity index is 2.05. The monoisotopic (exact) mass is 409 g/mol. The number of benzene rings is 1. The van der Waals surface area contributed by atoms with Gasteiger partial charge in [-0.1, -0.05) is 44.5 Å². The molecule has 0 bridgehead atoms. The molecule has 1 amide bonds. The van der Waals surface area contributed by atoms with Gasteiger partial charge in [-0.15, -0.1) is 0 Å². The maximum Gasteiger partial charge on any atom is 0.420 e. The molecule has 5 nitrogen and oxygen atoms in total. The zero-order valence-corrected chi connectivity index (χ0v) is 19.0. The number of likely N-dealkylation sites (tertiary alicyclic amines) is 1. The Hall–Kier alpha value is -2.40. The van der Waals surface area contributed by atoms with Crippen molar-refractivity contribution in [2.75, 3.05) is 18.0 Å². The molecular formula is C25H35N3O2. The lowest BCUT2D eigenvalue weighted by Crippen LogP contribution is -2.38. The lowest BCUT2D eigenvalue weighted by Gasteiger charge is -2.38. The summed E-state index contributed by atoms with van der Waals surface area (Å²) in [6.45, 7) is 12.3. The van der Waals surface area contributed by atoms with Crippen LogP contribution in [0.15, 0.2) is 48.7 Å². The van der Waals surface area contributed by atoms with Crippen LogP contribution in [-0.4, -0.2) is 34.7 Å². The number of pyridine rings is 1. The topological polar surface area (TPSA) is 45.7 Å². The predicted molar refractivity (Wildman–Crippen MR) is 122 cm³/mol. The molecule has 0 spiro atoms. The van der Waals surface area contributed by atoms with Gasteiger partial charge in [0.2, 0.25) is 0 Å². The minimum absolute atomic E-state index is 0.249. The number of carbonyl (C=O) groups is 1. The molecule has 1 aliphatic rings. The molecule has 1 fully saturated rings. The first kappa shape index (κ1) is 22.3. The number of hydrogen-bond acceptors (Lipinski definition) is 4. The minimum Gasteiger partial charge on any atom is -0.443 e. The van der Waals surface area contributed by atoms with E-state index in [1.54, 1.807) is 11.1 Å². The van der Waals surface area contributed by atoms with E-state index in [0.717, 1.165) is 30.8 Å². The zero-order valence-electron chi connectivity index (χ0n) is 19.0. The van der Waals surface area contributed by atoms with Crippen LogP contribution in [-0.2, 0) is 4.74 Å². The van der Waals surface area contributed by atoms with Crippen LogP contribution in [0.2, 0.25) is 0 Å². The fourth-order valence-electron chi connectivity index (χ4n) is 4.09. The Labute approximate surface area is 181 Å². The van der Waals surface area contributed by atoms with Crippen molar-refractivity contribution in [3.8, 4) is 0 Å². The molecule has 2 aromatic rings. The van der Waals surface area contributed by atoms with Crippen molar-refractivity contribution in [2.45, 2.75) is 65.5 Å².